The summed E-state index contributed by atoms with van der Waals surface area (Å²) in [4.78, 5) is 2.29. The highest BCUT2D eigenvalue weighted by atomic mass is 16.5. The molecule has 0 amide bonds. The summed E-state index contributed by atoms with van der Waals surface area (Å²) in [6.45, 7) is 2.35. The molecule has 0 aromatic heterocycles. The van der Waals surface area contributed by atoms with Gasteiger partial charge in [-0.1, -0.05) is 5.16 Å². The Bertz CT molecular complexity index is 439. The monoisotopic (exact) mass is 279 g/mol. The van der Waals surface area contributed by atoms with Gasteiger partial charge in [-0.3, -0.25) is 0 Å². The molecule has 2 rings (SSSR count). The first-order valence-electron chi connectivity index (χ1n) is 6.80. The zero-order valence-electron chi connectivity index (χ0n) is 11.4. The SMILES string of the molecule is N/C(=N/O)c1ccc(N2CCC(OCCO)CC2)cc1. The predicted molar refractivity (Wildman–Crippen MR) is 77.2 cm³/mol. The summed E-state index contributed by atoms with van der Waals surface area (Å²) in [6, 6.07) is 7.64. The van der Waals surface area contributed by atoms with Crippen LogP contribution in [0.5, 0.6) is 0 Å². The molecule has 0 aliphatic carbocycles. The molecular formula is C14H21N3O3. The van der Waals surface area contributed by atoms with Gasteiger partial charge in [0.05, 0.1) is 19.3 Å². The number of aliphatic hydroxyl groups excluding tert-OH is 1. The Morgan fingerprint density at radius 2 is 1.95 bits per heavy atom. The molecule has 4 N–H and O–H groups in total. The van der Waals surface area contributed by atoms with E-state index in [1.807, 2.05) is 24.3 Å². The van der Waals surface area contributed by atoms with E-state index in [4.69, 9.17) is 20.8 Å². The van der Waals surface area contributed by atoms with Crippen molar-refractivity contribution in [3.05, 3.63) is 29.8 Å². The van der Waals surface area contributed by atoms with Gasteiger partial charge in [0, 0.05) is 24.3 Å². The van der Waals surface area contributed by atoms with Crippen LogP contribution in [-0.4, -0.2) is 48.6 Å². The quantitative estimate of drug-likeness (QED) is 0.320. The predicted octanol–water partition coefficient (Wildman–Crippen LogP) is 0.759. The van der Waals surface area contributed by atoms with Crippen molar-refractivity contribution in [2.45, 2.75) is 18.9 Å². The number of aliphatic hydroxyl groups is 1. The van der Waals surface area contributed by atoms with Gasteiger partial charge in [0.25, 0.3) is 0 Å². The first-order chi connectivity index (χ1) is 9.74. The minimum Gasteiger partial charge on any atom is -0.409 e. The third-order valence-corrected chi connectivity index (χ3v) is 3.52. The van der Waals surface area contributed by atoms with Crippen LogP contribution in [0.25, 0.3) is 0 Å². The summed E-state index contributed by atoms with van der Waals surface area (Å²) in [5, 5.41) is 20.4. The van der Waals surface area contributed by atoms with E-state index in [1.165, 1.54) is 0 Å². The van der Waals surface area contributed by atoms with E-state index in [9.17, 15) is 0 Å². The van der Waals surface area contributed by atoms with Crippen molar-refractivity contribution in [1.29, 1.82) is 0 Å². The largest absolute Gasteiger partial charge is 0.409 e. The summed E-state index contributed by atoms with van der Waals surface area (Å²) in [5.41, 5.74) is 7.37. The van der Waals surface area contributed by atoms with Crippen LogP contribution in [0.15, 0.2) is 29.4 Å². The number of piperidine rings is 1. The van der Waals surface area contributed by atoms with Crippen molar-refractivity contribution in [1.82, 2.24) is 0 Å². The van der Waals surface area contributed by atoms with Crippen molar-refractivity contribution in [3.63, 3.8) is 0 Å². The van der Waals surface area contributed by atoms with E-state index in [-0.39, 0.29) is 18.5 Å². The Morgan fingerprint density at radius 1 is 1.30 bits per heavy atom. The molecule has 1 fully saturated rings. The summed E-state index contributed by atoms with van der Waals surface area (Å²) >= 11 is 0. The molecular weight excluding hydrogens is 258 g/mol. The number of oxime groups is 1. The molecule has 1 aliphatic heterocycles. The smallest absolute Gasteiger partial charge is 0.170 e. The molecule has 1 aliphatic rings. The van der Waals surface area contributed by atoms with Crippen molar-refractivity contribution in [2.24, 2.45) is 10.9 Å². The van der Waals surface area contributed by atoms with Crippen LogP contribution in [0.2, 0.25) is 0 Å². The zero-order valence-corrected chi connectivity index (χ0v) is 11.4. The average molecular weight is 279 g/mol. The second kappa shape index (κ2) is 7.12. The lowest BCUT2D eigenvalue weighted by Crippen LogP contribution is -2.37. The van der Waals surface area contributed by atoms with E-state index in [0.717, 1.165) is 31.6 Å². The second-order valence-electron chi connectivity index (χ2n) is 4.81. The van der Waals surface area contributed by atoms with Gasteiger partial charge in [0.2, 0.25) is 0 Å². The summed E-state index contributed by atoms with van der Waals surface area (Å²) in [5.74, 6) is 0.118. The summed E-state index contributed by atoms with van der Waals surface area (Å²) in [6.07, 6.45) is 2.17. The Labute approximate surface area is 118 Å². The molecule has 0 atom stereocenters. The Morgan fingerprint density at radius 3 is 2.50 bits per heavy atom. The van der Waals surface area contributed by atoms with E-state index in [2.05, 4.69) is 10.1 Å². The third-order valence-electron chi connectivity index (χ3n) is 3.52. The molecule has 6 nitrogen and oxygen atoms in total. The van der Waals surface area contributed by atoms with Crippen LogP contribution in [0.3, 0.4) is 0 Å². The van der Waals surface area contributed by atoms with E-state index < -0.39 is 0 Å². The minimum atomic E-state index is 0.0789. The van der Waals surface area contributed by atoms with Gasteiger partial charge in [-0.2, -0.15) is 0 Å². The normalized spacial score (nSPS) is 17.4. The van der Waals surface area contributed by atoms with Gasteiger partial charge in [-0.15, -0.1) is 0 Å². The third kappa shape index (κ3) is 3.61. The average Bonchev–Trinajstić information content (AvgIpc) is 2.53. The lowest BCUT2D eigenvalue weighted by atomic mass is 10.1. The number of hydrogen-bond donors (Lipinski definition) is 3. The van der Waals surface area contributed by atoms with Gasteiger partial charge in [-0.25, -0.2) is 0 Å². The molecule has 110 valence electrons. The number of anilines is 1. The zero-order chi connectivity index (χ0) is 14.4. The second-order valence-corrected chi connectivity index (χ2v) is 4.81. The minimum absolute atomic E-state index is 0.0789. The molecule has 1 saturated heterocycles. The maximum atomic E-state index is 8.74. The molecule has 20 heavy (non-hydrogen) atoms. The van der Waals surface area contributed by atoms with Crippen LogP contribution >= 0.6 is 0 Å². The topological polar surface area (TPSA) is 91.3 Å². The molecule has 1 aromatic rings. The maximum absolute atomic E-state index is 8.74. The van der Waals surface area contributed by atoms with Crippen LogP contribution in [0, 0.1) is 0 Å². The molecule has 6 heteroatoms. The Balaban J connectivity index is 1.90. The van der Waals surface area contributed by atoms with Crippen molar-refractivity contribution in [2.75, 3.05) is 31.2 Å². The summed E-state index contributed by atoms with van der Waals surface area (Å²) in [7, 11) is 0. The van der Waals surface area contributed by atoms with Gasteiger partial charge < -0.3 is 25.7 Å². The van der Waals surface area contributed by atoms with Crippen molar-refractivity contribution in [3.8, 4) is 0 Å². The van der Waals surface area contributed by atoms with Gasteiger partial charge in [-0.05, 0) is 37.1 Å². The number of hydrogen-bond acceptors (Lipinski definition) is 5. The number of rotatable bonds is 5. The number of nitrogens with two attached hydrogens (primary N) is 1. The van der Waals surface area contributed by atoms with Crippen LogP contribution in [-0.2, 0) is 4.74 Å². The lowest BCUT2D eigenvalue weighted by Gasteiger charge is -2.33. The number of ether oxygens (including phenoxy) is 1. The fraction of sp³-hybridized carbons (Fsp3) is 0.500. The van der Waals surface area contributed by atoms with Crippen molar-refractivity contribution < 1.29 is 15.1 Å². The number of benzene rings is 1. The van der Waals surface area contributed by atoms with E-state index in [0.29, 0.717) is 12.2 Å². The fourth-order valence-corrected chi connectivity index (χ4v) is 2.40. The molecule has 0 bridgehead atoms. The summed E-state index contributed by atoms with van der Waals surface area (Å²) < 4.78 is 5.54. The maximum Gasteiger partial charge on any atom is 0.170 e. The van der Waals surface area contributed by atoms with E-state index >= 15 is 0 Å². The molecule has 0 spiro atoms. The molecule has 0 radical (unpaired) electrons. The standard InChI is InChI=1S/C14H21N3O3/c15-14(16-19)11-1-3-12(4-2-11)17-7-5-13(6-8-17)20-10-9-18/h1-4,13,18-19H,5-10H2,(H2,15,16). The first-order valence-corrected chi connectivity index (χ1v) is 6.80. The number of nitrogens with zero attached hydrogens (tertiary/aromatic N) is 2. The fourth-order valence-electron chi connectivity index (χ4n) is 2.40. The molecule has 0 unspecified atom stereocenters. The van der Waals surface area contributed by atoms with Crippen LogP contribution in [0.4, 0.5) is 5.69 Å². The molecule has 1 aromatic carbocycles. The lowest BCUT2D eigenvalue weighted by molar-refractivity contribution is 0.0159. The van der Waals surface area contributed by atoms with Gasteiger partial charge >= 0.3 is 0 Å². The van der Waals surface area contributed by atoms with E-state index in [1.54, 1.807) is 0 Å². The Kier molecular flexibility index (Phi) is 5.20. The van der Waals surface area contributed by atoms with Gasteiger partial charge in [0.1, 0.15) is 0 Å². The van der Waals surface area contributed by atoms with Crippen LogP contribution in [0.1, 0.15) is 18.4 Å². The Hall–Kier alpha value is -1.79. The van der Waals surface area contributed by atoms with Gasteiger partial charge in [0.15, 0.2) is 5.84 Å². The highest BCUT2D eigenvalue weighted by Crippen LogP contribution is 2.21. The van der Waals surface area contributed by atoms with Crippen molar-refractivity contribution >= 4 is 11.5 Å². The van der Waals surface area contributed by atoms with Crippen LogP contribution < -0.4 is 10.6 Å². The molecule has 0 saturated carbocycles. The number of amidine groups is 1. The first kappa shape index (κ1) is 14.6. The highest BCUT2D eigenvalue weighted by Gasteiger charge is 2.19. The molecule has 1 heterocycles. The highest BCUT2D eigenvalue weighted by molar-refractivity contribution is 5.97.